The lowest BCUT2D eigenvalue weighted by Gasteiger charge is -2.19. The summed E-state index contributed by atoms with van der Waals surface area (Å²) in [6.45, 7) is 0. The second-order valence-corrected chi connectivity index (χ2v) is 5.92. The lowest BCUT2D eigenvalue weighted by atomic mass is 10.3. The number of benzene rings is 1. The van der Waals surface area contributed by atoms with Crippen molar-refractivity contribution >= 4 is 44.0 Å². The molecule has 0 aliphatic carbocycles. The van der Waals surface area contributed by atoms with Gasteiger partial charge in [0.1, 0.15) is 5.00 Å². The Morgan fingerprint density at radius 2 is 1.91 bits per heavy atom. The highest BCUT2D eigenvalue weighted by molar-refractivity contribution is 7.87. The molecule has 0 spiro atoms. The molecule has 2 rings (SSSR count). The summed E-state index contributed by atoms with van der Waals surface area (Å²) in [5.41, 5.74) is 0.0742. The van der Waals surface area contributed by atoms with E-state index < -0.39 is 26.9 Å². The number of nitro benzene ring substituents is 1. The number of nitro groups is 1. The Balaban J connectivity index is 2.59. The first-order valence-electron chi connectivity index (χ1n) is 5.41. The number of nitrogens with zero attached hydrogens (tertiary/aromatic N) is 3. The molecule has 0 bridgehead atoms. The molecule has 1 heterocycles. The zero-order valence-corrected chi connectivity index (χ0v) is 12.1. The van der Waals surface area contributed by atoms with Crippen molar-refractivity contribution in [2.75, 3.05) is 4.31 Å². The topological polar surface area (TPSA) is 151 Å². The number of carboxylic acid groups (broad SMARTS) is 1. The van der Waals surface area contributed by atoms with Gasteiger partial charge in [-0.25, -0.2) is 14.1 Å². The van der Waals surface area contributed by atoms with Crippen LogP contribution in [0.3, 0.4) is 0 Å². The minimum Gasteiger partial charge on any atom is -0.476 e. The van der Waals surface area contributed by atoms with E-state index in [4.69, 9.17) is 5.11 Å². The van der Waals surface area contributed by atoms with Crippen molar-refractivity contribution in [2.24, 2.45) is 0 Å². The first-order chi connectivity index (χ1) is 10.2. The van der Waals surface area contributed by atoms with Crippen LogP contribution >= 0.6 is 11.3 Å². The van der Waals surface area contributed by atoms with Gasteiger partial charge >= 0.3 is 16.3 Å². The van der Waals surface area contributed by atoms with Crippen molar-refractivity contribution in [3.05, 3.63) is 45.6 Å². The fourth-order valence-corrected chi connectivity index (χ4v) is 3.40. The third kappa shape index (κ3) is 3.03. The number of carboxylic acids is 1. The molecule has 22 heavy (non-hydrogen) atoms. The van der Waals surface area contributed by atoms with Crippen LogP contribution in [-0.2, 0) is 10.3 Å². The van der Waals surface area contributed by atoms with Crippen molar-refractivity contribution in [1.82, 2.24) is 4.98 Å². The summed E-state index contributed by atoms with van der Waals surface area (Å²) in [6.07, 6.45) is 0. The van der Waals surface area contributed by atoms with E-state index in [1.54, 1.807) is 0 Å². The number of aromatic nitrogens is 1. The predicted molar refractivity (Wildman–Crippen MR) is 75.9 cm³/mol. The molecule has 1 aromatic heterocycles. The molecule has 12 heteroatoms. The number of hydrogen-bond acceptors (Lipinski definition) is 7. The summed E-state index contributed by atoms with van der Waals surface area (Å²) in [5, 5.41) is 19.2. The Kier molecular flexibility index (Phi) is 4.07. The van der Waals surface area contributed by atoms with Gasteiger partial charge in [-0.1, -0.05) is 0 Å². The summed E-state index contributed by atoms with van der Waals surface area (Å²) >= 11 is 0.679. The van der Waals surface area contributed by atoms with E-state index in [1.807, 2.05) is 0 Å². The van der Waals surface area contributed by atoms with Crippen molar-refractivity contribution in [3.63, 3.8) is 0 Å². The van der Waals surface area contributed by atoms with Crippen LogP contribution in [0.4, 0.5) is 16.4 Å². The molecule has 0 aliphatic rings. The quantitative estimate of drug-likeness (QED) is 0.472. The molecule has 10 nitrogen and oxygen atoms in total. The van der Waals surface area contributed by atoms with Crippen LogP contribution < -0.4 is 4.31 Å². The number of rotatable bonds is 5. The Morgan fingerprint density at radius 3 is 2.36 bits per heavy atom. The average molecular weight is 345 g/mol. The minimum absolute atomic E-state index is 0.167. The number of non-ortho nitro benzene ring substituents is 1. The van der Waals surface area contributed by atoms with Crippen LogP contribution in [0.15, 0.2) is 29.8 Å². The van der Waals surface area contributed by atoms with Gasteiger partial charge in [-0.05, 0) is 12.1 Å². The molecule has 116 valence electrons. The largest absolute Gasteiger partial charge is 0.476 e. The number of carbonyl (C=O) groups is 1. The fraction of sp³-hybridized carbons (Fsp3) is 0. The second kappa shape index (κ2) is 5.67. The maximum Gasteiger partial charge on any atom is 0.365 e. The zero-order chi connectivity index (χ0) is 16.5. The van der Waals surface area contributed by atoms with E-state index in [9.17, 15) is 27.9 Å². The molecule has 0 atom stereocenters. The van der Waals surface area contributed by atoms with E-state index in [2.05, 4.69) is 4.98 Å². The molecule has 0 saturated heterocycles. The highest BCUT2D eigenvalue weighted by atomic mass is 32.2. The molecule has 0 fully saturated rings. The summed E-state index contributed by atoms with van der Waals surface area (Å²) in [4.78, 5) is 24.5. The fourth-order valence-electron chi connectivity index (χ4n) is 1.60. The van der Waals surface area contributed by atoms with Crippen molar-refractivity contribution in [2.45, 2.75) is 0 Å². The molecule has 0 amide bonds. The standard InChI is InChI=1S/C10H7N3O7S2/c14-10(15)8-9(21-5-11-8)12(22(18,19)20)6-1-3-7(4-2-6)13(16)17/h1-5H,(H,14,15)(H,18,19,20). The predicted octanol–water partition coefficient (Wildman–Crippen LogP) is 1.69. The monoisotopic (exact) mass is 345 g/mol. The van der Waals surface area contributed by atoms with Crippen molar-refractivity contribution in [1.29, 1.82) is 0 Å². The Bertz CT molecular complexity index is 828. The maximum absolute atomic E-state index is 11.6. The van der Waals surface area contributed by atoms with Gasteiger partial charge in [0.2, 0.25) is 0 Å². The van der Waals surface area contributed by atoms with Gasteiger partial charge in [-0.3, -0.25) is 14.7 Å². The van der Waals surface area contributed by atoms with Gasteiger partial charge in [0.15, 0.2) is 5.69 Å². The highest BCUT2D eigenvalue weighted by Crippen LogP contribution is 2.35. The molecule has 0 aliphatic heterocycles. The minimum atomic E-state index is -4.86. The Morgan fingerprint density at radius 1 is 1.32 bits per heavy atom. The summed E-state index contributed by atoms with van der Waals surface area (Å²) in [6, 6.07) is 4.18. The molecule has 2 N–H and O–H groups in total. The van der Waals surface area contributed by atoms with Gasteiger partial charge in [0.25, 0.3) is 5.69 Å². The van der Waals surface area contributed by atoms with Crippen molar-refractivity contribution < 1.29 is 27.8 Å². The summed E-state index contributed by atoms with van der Waals surface area (Å²) in [7, 11) is -4.86. The van der Waals surface area contributed by atoms with Crippen molar-refractivity contribution in [3.8, 4) is 0 Å². The zero-order valence-electron chi connectivity index (χ0n) is 10.5. The lowest BCUT2D eigenvalue weighted by Crippen LogP contribution is -2.26. The first kappa shape index (κ1) is 15.8. The van der Waals surface area contributed by atoms with Crippen LogP contribution in [0.2, 0.25) is 0 Å². The van der Waals surface area contributed by atoms with Crippen LogP contribution in [0.5, 0.6) is 0 Å². The normalized spacial score (nSPS) is 11.1. The highest BCUT2D eigenvalue weighted by Gasteiger charge is 2.29. The third-order valence-corrected chi connectivity index (χ3v) is 4.24. The summed E-state index contributed by atoms with van der Waals surface area (Å²) < 4.78 is 32.8. The van der Waals surface area contributed by atoms with E-state index in [1.165, 1.54) is 0 Å². The van der Waals surface area contributed by atoms with Gasteiger partial charge in [-0.2, -0.15) is 8.42 Å². The molecule has 0 saturated carbocycles. The van der Waals surface area contributed by atoms with E-state index in [0.29, 0.717) is 15.6 Å². The maximum atomic E-state index is 11.6. The van der Waals surface area contributed by atoms with Crippen LogP contribution in [-0.4, -0.2) is 34.0 Å². The van der Waals surface area contributed by atoms with Gasteiger partial charge in [-0.15, -0.1) is 11.3 Å². The Hall–Kier alpha value is -2.57. The molecule has 2 aromatic rings. The number of anilines is 2. The lowest BCUT2D eigenvalue weighted by molar-refractivity contribution is -0.384. The summed E-state index contributed by atoms with van der Waals surface area (Å²) in [5.74, 6) is -1.48. The molecule has 0 radical (unpaired) electrons. The van der Waals surface area contributed by atoms with E-state index in [-0.39, 0.29) is 16.4 Å². The van der Waals surface area contributed by atoms with Crippen LogP contribution in [0.1, 0.15) is 10.5 Å². The van der Waals surface area contributed by atoms with E-state index >= 15 is 0 Å². The van der Waals surface area contributed by atoms with Crippen LogP contribution in [0, 0.1) is 10.1 Å². The average Bonchev–Trinajstić information content (AvgIpc) is 2.87. The number of hydrogen-bond donors (Lipinski definition) is 2. The van der Waals surface area contributed by atoms with E-state index in [0.717, 1.165) is 29.8 Å². The Labute approximate surface area is 127 Å². The molecular weight excluding hydrogens is 338 g/mol. The van der Waals surface area contributed by atoms with Gasteiger partial charge < -0.3 is 5.11 Å². The molecule has 1 aromatic carbocycles. The van der Waals surface area contributed by atoms with Gasteiger partial charge in [0.05, 0.1) is 16.1 Å². The SMILES string of the molecule is O=C(O)c1ncsc1N(c1ccc([N+](=O)[O-])cc1)S(=O)(=O)O. The van der Waals surface area contributed by atoms with Gasteiger partial charge in [0, 0.05) is 12.1 Å². The first-order valence-corrected chi connectivity index (χ1v) is 7.68. The smallest absolute Gasteiger partial charge is 0.365 e. The molecular formula is C10H7N3O7S2. The number of aromatic carboxylic acids is 1. The third-order valence-electron chi connectivity index (χ3n) is 2.46. The second-order valence-electron chi connectivity index (χ2n) is 3.83. The number of thiazole rings is 1. The van der Waals surface area contributed by atoms with Crippen LogP contribution in [0.25, 0.3) is 0 Å². The molecule has 0 unspecified atom stereocenters.